The maximum Gasteiger partial charge on any atom is 0.118 e. The maximum absolute atomic E-state index is 5.16. The van der Waals surface area contributed by atoms with Crippen molar-refractivity contribution in [2.45, 2.75) is 45.1 Å². The molecule has 0 amide bonds. The smallest absolute Gasteiger partial charge is 0.118 e. The van der Waals surface area contributed by atoms with E-state index in [1.165, 1.54) is 37.8 Å². The lowest BCUT2D eigenvalue weighted by molar-refractivity contribution is 0.414. The lowest BCUT2D eigenvalue weighted by Gasteiger charge is -2.13. The molecular formula is C16H25NO. The number of ether oxygens (including phenoxy) is 1. The molecule has 1 aromatic carbocycles. The zero-order valence-electron chi connectivity index (χ0n) is 11.6. The van der Waals surface area contributed by atoms with Crippen molar-refractivity contribution in [1.82, 2.24) is 5.32 Å². The van der Waals surface area contributed by atoms with Crippen molar-refractivity contribution in [1.29, 1.82) is 0 Å². The third-order valence-corrected chi connectivity index (χ3v) is 3.77. The quantitative estimate of drug-likeness (QED) is 0.760. The third kappa shape index (κ3) is 4.69. The van der Waals surface area contributed by atoms with Gasteiger partial charge in [0.25, 0.3) is 0 Å². The van der Waals surface area contributed by atoms with Gasteiger partial charge in [-0.25, -0.2) is 0 Å². The Bertz CT molecular complexity index is 343. The molecular weight excluding hydrogens is 222 g/mol. The van der Waals surface area contributed by atoms with Crippen molar-refractivity contribution in [3.05, 3.63) is 29.8 Å². The Kier molecular flexibility index (Phi) is 5.06. The summed E-state index contributed by atoms with van der Waals surface area (Å²) in [5, 5.41) is 3.62. The van der Waals surface area contributed by atoms with Gasteiger partial charge in [-0.3, -0.25) is 0 Å². The number of aryl methyl sites for hydroxylation is 1. The van der Waals surface area contributed by atoms with Crippen LogP contribution in [0.1, 0.15) is 38.2 Å². The summed E-state index contributed by atoms with van der Waals surface area (Å²) in [5.74, 6) is 1.97. The molecule has 1 fully saturated rings. The first-order valence-corrected chi connectivity index (χ1v) is 7.14. The highest BCUT2D eigenvalue weighted by Gasteiger charge is 2.20. The summed E-state index contributed by atoms with van der Waals surface area (Å²) in [4.78, 5) is 0. The van der Waals surface area contributed by atoms with Crippen molar-refractivity contribution in [3.8, 4) is 5.75 Å². The molecule has 1 aliphatic carbocycles. The first-order valence-electron chi connectivity index (χ1n) is 7.14. The highest BCUT2D eigenvalue weighted by Crippen LogP contribution is 2.31. The first kappa shape index (κ1) is 13.4. The Morgan fingerprint density at radius 1 is 1.28 bits per heavy atom. The van der Waals surface area contributed by atoms with Crippen LogP contribution in [-0.4, -0.2) is 19.7 Å². The van der Waals surface area contributed by atoms with E-state index in [0.29, 0.717) is 6.04 Å². The summed E-state index contributed by atoms with van der Waals surface area (Å²) in [6, 6.07) is 9.03. The van der Waals surface area contributed by atoms with Crippen LogP contribution < -0.4 is 10.1 Å². The van der Waals surface area contributed by atoms with Gasteiger partial charge in [-0.2, -0.15) is 0 Å². The molecule has 1 atom stereocenters. The Labute approximate surface area is 111 Å². The zero-order chi connectivity index (χ0) is 12.8. The predicted molar refractivity (Wildman–Crippen MR) is 76.1 cm³/mol. The number of methoxy groups -OCH3 is 1. The van der Waals surface area contributed by atoms with Gasteiger partial charge in [0.15, 0.2) is 0 Å². The minimum Gasteiger partial charge on any atom is -0.497 e. The van der Waals surface area contributed by atoms with Gasteiger partial charge in [0.05, 0.1) is 7.11 Å². The summed E-state index contributed by atoms with van der Waals surface area (Å²) < 4.78 is 5.16. The maximum atomic E-state index is 5.16. The molecule has 1 N–H and O–H groups in total. The molecule has 0 aromatic heterocycles. The van der Waals surface area contributed by atoms with Crippen molar-refractivity contribution >= 4 is 0 Å². The second-order valence-corrected chi connectivity index (χ2v) is 5.47. The molecule has 0 heterocycles. The van der Waals surface area contributed by atoms with Crippen molar-refractivity contribution < 1.29 is 4.74 Å². The van der Waals surface area contributed by atoms with Crippen LogP contribution in [0.3, 0.4) is 0 Å². The fourth-order valence-corrected chi connectivity index (χ4v) is 2.22. The van der Waals surface area contributed by atoms with Crippen molar-refractivity contribution in [2.24, 2.45) is 5.92 Å². The average Bonchev–Trinajstić information content (AvgIpc) is 3.21. The molecule has 100 valence electrons. The number of hydrogen-bond donors (Lipinski definition) is 1. The largest absolute Gasteiger partial charge is 0.497 e. The first-order chi connectivity index (χ1) is 8.78. The molecule has 0 bridgehead atoms. The van der Waals surface area contributed by atoms with E-state index < -0.39 is 0 Å². The van der Waals surface area contributed by atoms with E-state index in [0.717, 1.165) is 18.1 Å². The number of nitrogens with one attached hydrogen (secondary N) is 1. The molecule has 0 spiro atoms. The standard InChI is InChI=1S/C16H25NO/c1-13(17-12-11-15-5-6-15)3-4-14-7-9-16(18-2)10-8-14/h7-10,13,15,17H,3-6,11-12H2,1-2H3. The molecule has 2 heteroatoms. The van der Waals surface area contributed by atoms with E-state index in [1.807, 2.05) is 12.1 Å². The predicted octanol–water partition coefficient (Wildman–Crippen LogP) is 3.41. The second-order valence-electron chi connectivity index (χ2n) is 5.47. The van der Waals surface area contributed by atoms with Crippen molar-refractivity contribution in [2.75, 3.05) is 13.7 Å². The monoisotopic (exact) mass is 247 g/mol. The summed E-state index contributed by atoms with van der Waals surface area (Å²) in [5.41, 5.74) is 1.40. The van der Waals surface area contributed by atoms with Crippen LogP contribution in [0.25, 0.3) is 0 Å². The molecule has 2 rings (SSSR count). The summed E-state index contributed by atoms with van der Waals surface area (Å²) in [6.45, 7) is 3.48. The van der Waals surface area contributed by atoms with Crippen molar-refractivity contribution in [3.63, 3.8) is 0 Å². The highest BCUT2D eigenvalue weighted by molar-refractivity contribution is 5.27. The van der Waals surface area contributed by atoms with Crippen LogP contribution in [0.2, 0.25) is 0 Å². The molecule has 0 aliphatic heterocycles. The average molecular weight is 247 g/mol. The van der Waals surface area contributed by atoms with E-state index in [9.17, 15) is 0 Å². The van der Waals surface area contributed by atoms with E-state index >= 15 is 0 Å². The Morgan fingerprint density at radius 2 is 2.00 bits per heavy atom. The molecule has 1 unspecified atom stereocenters. The topological polar surface area (TPSA) is 21.3 Å². The third-order valence-electron chi connectivity index (χ3n) is 3.77. The molecule has 1 aliphatic rings. The van der Waals surface area contributed by atoms with Gasteiger partial charge >= 0.3 is 0 Å². The van der Waals surface area contributed by atoms with Crippen LogP contribution in [0.4, 0.5) is 0 Å². The molecule has 0 saturated heterocycles. The SMILES string of the molecule is COc1ccc(CCC(C)NCCC2CC2)cc1. The Hall–Kier alpha value is -1.02. The number of benzene rings is 1. The van der Waals surface area contributed by atoms with Crippen LogP contribution in [-0.2, 0) is 6.42 Å². The summed E-state index contributed by atoms with van der Waals surface area (Å²) in [7, 11) is 1.71. The van der Waals surface area contributed by atoms with Gasteiger partial charge in [0.2, 0.25) is 0 Å². The fourth-order valence-electron chi connectivity index (χ4n) is 2.22. The Morgan fingerprint density at radius 3 is 2.61 bits per heavy atom. The van der Waals surface area contributed by atoms with Gasteiger partial charge in [-0.15, -0.1) is 0 Å². The summed E-state index contributed by atoms with van der Waals surface area (Å²) in [6.07, 6.45) is 6.63. The fraction of sp³-hybridized carbons (Fsp3) is 0.625. The highest BCUT2D eigenvalue weighted by atomic mass is 16.5. The Balaban J connectivity index is 1.62. The number of rotatable bonds is 8. The zero-order valence-corrected chi connectivity index (χ0v) is 11.6. The normalized spacial score (nSPS) is 16.6. The summed E-state index contributed by atoms with van der Waals surface area (Å²) >= 11 is 0. The molecule has 18 heavy (non-hydrogen) atoms. The lowest BCUT2D eigenvalue weighted by atomic mass is 10.1. The lowest BCUT2D eigenvalue weighted by Crippen LogP contribution is -2.27. The minimum atomic E-state index is 0.617. The van der Waals surface area contributed by atoms with E-state index in [1.54, 1.807) is 7.11 Å². The van der Waals surface area contributed by atoms with E-state index in [4.69, 9.17) is 4.74 Å². The van der Waals surface area contributed by atoms with Crippen LogP contribution in [0, 0.1) is 5.92 Å². The van der Waals surface area contributed by atoms with Gasteiger partial charge in [-0.05, 0) is 56.3 Å². The van der Waals surface area contributed by atoms with E-state index in [-0.39, 0.29) is 0 Å². The second kappa shape index (κ2) is 6.79. The van der Waals surface area contributed by atoms with Crippen LogP contribution in [0.5, 0.6) is 5.75 Å². The van der Waals surface area contributed by atoms with Gasteiger partial charge in [-0.1, -0.05) is 25.0 Å². The minimum absolute atomic E-state index is 0.617. The number of hydrogen-bond acceptors (Lipinski definition) is 2. The van der Waals surface area contributed by atoms with E-state index in [2.05, 4.69) is 24.4 Å². The molecule has 0 radical (unpaired) electrons. The molecule has 1 saturated carbocycles. The van der Waals surface area contributed by atoms with Gasteiger partial charge in [0.1, 0.15) is 5.75 Å². The van der Waals surface area contributed by atoms with Gasteiger partial charge < -0.3 is 10.1 Å². The molecule has 2 nitrogen and oxygen atoms in total. The van der Waals surface area contributed by atoms with Crippen LogP contribution >= 0.6 is 0 Å². The van der Waals surface area contributed by atoms with Gasteiger partial charge in [0, 0.05) is 6.04 Å². The molecule has 1 aromatic rings. The van der Waals surface area contributed by atoms with Crippen LogP contribution in [0.15, 0.2) is 24.3 Å².